The van der Waals surface area contributed by atoms with E-state index in [1.807, 2.05) is 12.1 Å². The van der Waals surface area contributed by atoms with Crippen LogP contribution >= 0.6 is 0 Å². The van der Waals surface area contributed by atoms with Crippen LogP contribution < -0.4 is 9.64 Å². The van der Waals surface area contributed by atoms with Crippen LogP contribution in [0.4, 0.5) is 10.1 Å². The van der Waals surface area contributed by atoms with E-state index in [1.165, 1.54) is 31.4 Å². The van der Waals surface area contributed by atoms with E-state index in [4.69, 9.17) is 4.74 Å². The molecule has 0 amide bonds. The average Bonchev–Trinajstić information content (AvgIpc) is 2.76. The molecule has 2 aromatic rings. The van der Waals surface area contributed by atoms with E-state index < -0.39 is 5.60 Å². The minimum Gasteiger partial charge on any atom is -0.490 e. The number of likely N-dealkylation sites (tertiary alicyclic amines) is 1. The summed E-state index contributed by atoms with van der Waals surface area (Å²) in [4.78, 5) is 4.62. The van der Waals surface area contributed by atoms with Crippen molar-refractivity contribution in [2.45, 2.75) is 56.7 Å². The molecular weight excluding hydrogens is 391 g/mol. The molecule has 0 radical (unpaired) electrons. The maximum Gasteiger partial charge on any atom is 0.123 e. The fourth-order valence-corrected chi connectivity index (χ4v) is 4.35. The number of anilines is 1. The Morgan fingerprint density at radius 3 is 2.35 bits per heavy atom. The molecular formula is C26H35FN2O2. The van der Waals surface area contributed by atoms with Gasteiger partial charge in [0.15, 0.2) is 0 Å². The summed E-state index contributed by atoms with van der Waals surface area (Å²) in [5.74, 6) is 0.767. The predicted molar refractivity (Wildman–Crippen MR) is 123 cm³/mol. The van der Waals surface area contributed by atoms with Gasteiger partial charge in [0.05, 0.1) is 11.7 Å². The smallest absolute Gasteiger partial charge is 0.123 e. The van der Waals surface area contributed by atoms with Crippen LogP contribution in [0.15, 0.2) is 48.5 Å². The third-order valence-electron chi connectivity index (χ3n) is 6.96. The molecule has 1 aliphatic carbocycles. The number of hydrogen-bond acceptors (Lipinski definition) is 4. The minimum absolute atomic E-state index is 0.185. The van der Waals surface area contributed by atoms with Crippen molar-refractivity contribution in [2.24, 2.45) is 0 Å². The van der Waals surface area contributed by atoms with Crippen molar-refractivity contribution >= 4 is 5.69 Å². The van der Waals surface area contributed by atoms with Gasteiger partial charge >= 0.3 is 0 Å². The van der Waals surface area contributed by atoms with Crippen molar-refractivity contribution < 1.29 is 14.2 Å². The van der Waals surface area contributed by atoms with Gasteiger partial charge in [-0.2, -0.15) is 0 Å². The van der Waals surface area contributed by atoms with Crippen LogP contribution in [-0.2, 0) is 6.42 Å². The number of halogens is 1. The summed E-state index contributed by atoms with van der Waals surface area (Å²) in [5.41, 5.74) is 1.72. The van der Waals surface area contributed by atoms with Crippen molar-refractivity contribution in [3.05, 3.63) is 59.9 Å². The third kappa shape index (κ3) is 6.20. The zero-order chi connectivity index (χ0) is 21.7. The van der Waals surface area contributed by atoms with E-state index >= 15 is 0 Å². The molecule has 0 atom stereocenters. The Morgan fingerprint density at radius 2 is 1.74 bits per heavy atom. The molecule has 0 spiro atoms. The largest absolute Gasteiger partial charge is 0.490 e. The summed E-state index contributed by atoms with van der Waals surface area (Å²) in [7, 11) is 2.09. The molecule has 31 heavy (non-hydrogen) atoms. The maximum absolute atomic E-state index is 13.0. The van der Waals surface area contributed by atoms with Crippen molar-refractivity contribution in [2.75, 3.05) is 38.1 Å². The lowest BCUT2D eigenvalue weighted by Crippen LogP contribution is -2.46. The zero-order valence-corrected chi connectivity index (χ0v) is 18.6. The summed E-state index contributed by atoms with van der Waals surface area (Å²) in [6, 6.07) is 15.1. The lowest BCUT2D eigenvalue weighted by atomic mass is 9.88. The first-order chi connectivity index (χ1) is 15.0. The fourth-order valence-electron chi connectivity index (χ4n) is 4.35. The van der Waals surface area contributed by atoms with Gasteiger partial charge in [-0.15, -0.1) is 0 Å². The second-order valence-corrected chi connectivity index (χ2v) is 9.28. The zero-order valence-electron chi connectivity index (χ0n) is 18.6. The van der Waals surface area contributed by atoms with Gasteiger partial charge in [-0.25, -0.2) is 4.39 Å². The van der Waals surface area contributed by atoms with Crippen LogP contribution in [0.1, 0.15) is 44.1 Å². The topological polar surface area (TPSA) is 35.9 Å². The minimum atomic E-state index is -0.589. The van der Waals surface area contributed by atoms with Gasteiger partial charge in [0.1, 0.15) is 11.6 Å². The van der Waals surface area contributed by atoms with Gasteiger partial charge in [-0.05, 0) is 86.9 Å². The second-order valence-electron chi connectivity index (χ2n) is 9.28. The van der Waals surface area contributed by atoms with Crippen LogP contribution in [0.5, 0.6) is 5.75 Å². The highest BCUT2D eigenvalue weighted by Crippen LogP contribution is 2.29. The normalized spacial score (nSPS) is 19.1. The molecule has 0 bridgehead atoms. The Hall–Kier alpha value is -2.11. The molecule has 168 valence electrons. The van der Waals surface area contributed by atoms with E-state index in [-0.39, 0.29) is 5.82 Å². The summed E-state index contributed by atoms with van der Waals surface area (Å²) in [6.45, 7) is 3.61. The van der Waals surface area contributed by atoms with Gasteiger partial charge in [0, 0.05) is 38.9 Å². The molecule has 0 unspecified atom stereocenters. The lowest BCUT2D eigenvalue weighted by molar-refractivity contribution is -0.0254. The highest BCUT2D eigenvalue weighted by atomic mass is 19.1. The van der Waals surface area contributed by atoms with Crippen molar-refractivity contribution in [3.63, 3.8) is 0 Å². The van der Waals surface area contributed by atoms with E-state index in [2.05, 4.69) is 41.1 Å². The number of nitrogens with zero attached hydrogens (tertiary/aromatic N) is 2. The quantitative estimate of drug-likeness (QED) is 0.633. The Kier molecular flexibility index (Phi) is 7.13. The maximum atomic E-state index is 13.0. The standard InChI is InChI=1S/C26H35FN2O2/c1-28(23-9-11-25(12-10-23)31-24-3-2-4-24)18-14-26(30)15-19-29(20-16-26)17-13-21-5-7-22(27)8-6-21/h5-12,24,30H,2-4,13-20H2,1H3. The Labute approximate surface area is 185 Å². The first-order valence-corrected chi connectivity index (χ1v) is 11.7. The molecule has 1 saturated carbocycles. The first kappa shape index (κ1) is 22.1. The number of aliphatic hydroxyl groups is 1. The number of rotatable bonds is 9. The molecule has 1 saturated heterocycles. The van der Waals surface area contributed by atoms with E-state index in [1.54, 1.807) is 0 Å². The monoisotopic (exact) mass is 426 g/mol. The van der Waals surface area contributed by atoms with Crippen molar-refractivity contribution in [1.82, 2.24) is 4.90 Å². The SMILES string of the molecule is CN(CCC1(O)CCN(CCc2ccc(F)cc2)CC1)c1ccc(OC2CCC2)cc1. The van der Waals surface area contributed by atoms with E-state index in [0.717, 1.165) is 68.9 Å². The Balaban J connectivity index is 1.18. The molecule has 5 heteroatoms. The molecule has 2 fully saturated rings. The number of ether oxygens (including phenoxy) is 1. The molecule has 2 aromatic carbocycles. The molecule has 1 aliphatic heterocycles. The molecule has 2 aliphatic rings. The summed E-state index contributed by atoms with van der Waals surface area (Å²) in [5, 5.41) is 11.1. The van der Waals surface area contributed by atoms with Crippen LogP contribution in [-0.4, -0.2) is 54.9 Å². The van der Waals surface area contributed by atoms with Crippen LogP contribution in [0.25, 0.3) is 0 Å². The average molecular weight is 427 g/mol. The first-order valence-electron chi connectivity index (χ1n) is 11.7. The second kappa shape index (κ2) is 10.0. The van der Waals surface area contributed by atoms with Crippen molar-refractivity contribution in [1.29, 1.82) is 0 Å². The number of hydrogen-bond donors (Lipinski definition) is 1. The lowest BCUT2D eigenvalue weighted by Gasteiger charge is -2.39. The summed E-state index contributed by atoms with van der Waals surface area (Å²) >= 11 is 0. The fraction of sp³-hybridized carbons (Fsp3) is 0.538. The van der Waals surface area contributed by atoms with Crippen molar-refractivity contribution in [3.8, 4) is 5.75 Å². The molecule has 4 nitrogen and oxygen atoms in total. The summed E-state index contributed by atoms with van der Waals surface area (Å²) in [6.07, 6.45) is 7.32. The van der Waals surface area contributed by atoms with Gasteiger partial charge in [-0.3, -0.25) is 0 Å². The molecule has 4 rings (SSSR count). The highest BCUT2D eigenvalue weighted by molar-refractivity contribution is 5.48. The van der Waals surface area contributed by atoms with Crippen LogP contribution in [0.3, 0.4) is 0 Å². The Morgan fingerprint density at radius 1 is 1.06 bits per heavy atom. The number of benzene rings is 2. The van der Waals surface area contributed by atoms with Crippen LogP contribution in [0.2, 0.25) is 0 Å². The summed E-state index contributed by atoms with van der Waals surface area (Å²) < 4.78 is 19.0. The predicted octanol–water partition coefficient (Wildman–Crippen LogP) is 4.65. The van der Waals surface area contributed by atoms with Gasteiger partial charge in [-0.1, -0.05) is 12.1 Å². The highest BCUT2D eigenvalue weighted by Gasteiger charge is 2.32. The van der Waals surface area contributed by atoms with E-state index in [9.17, 15) is 9.50 Å². The molecule has 1 heterocycles. The number of piperidine rings is 1. The Bertz CT molecular complexity index is 812. The van der Waals surface area contributed by atoms with Crippen LogP contribution in [0, 0.1) is 5.82 Å². The third-order valence-corrected chi connectivity index (χ3v) is 6.96. The van der Waals surface area contributed by atoms with Gasteiger partial charge < -0.3 is 19.6 Å². The van der Waals surface area contributed by atoms with Gasteiger partial charge in [0.25, 0.3) is 0 Å². The van der Waals surface area contributed by atoms with Gasteiger partial charge in [0.2, 0.25) is 0 Å². The molecule has 1 N–H and O–H groups in total. The van der Waals surface area contributed by atoms with E-state index in [0.29, 0.717) is 6.10 Å². The molecule has 0 aromatic heterocycles.